The standard InChI is InChI=1S/C6H10N4O/c1-3-7-9(5-1)11-10-6-2-4-8-10/h3-4H,1-2,5-6H2. The molecule has 2 aliphatic heterocycles. The Bertz CT molecular complexity index is 171. The fourth-order valence-electron chi connectivity index (χ4n) is 0.982. The number of hydrogen-bond acceptors (Lipinski definition) is 5. The van der Waals surface area contributed by atoms with Crippen molar-refractivity contribution in [3.8, 4) is 0 Å². The summed E-state index contributed by atoms with van der Waals surface area (Å²) < 4.78 is 0. The molecule has 0 radical (unpaired) electrons. The molecule has 0 saturated carbocycles. The highest BCUT2D eigenvalue weighted by atomic mass is 16.9. The lowest BCUT2D eigenvalue weighted by Gasteiger charge is -2.18. The highest BCUT2D eigenvalue weighted by Gasteiger charge is 2.13. The van der Waals surface area contributed by atoms with Gasteiger partial charge >= 0.3 is 0 Å². The molecule has 5 nitrogen and oxygen atoms in total. The van der Waals surface area contributed by atoms with Crippen LogP contribution >= 0.6 is 0 Å². The monoisotopic (exact) mass is 154 g/mol. The summed E-state index contributed by atoms with van der Waals surface area (Å²) in [6.07, 6.45) is 5.58. The molecule has 0 spiro atoms. The lowest BCUT2D eigenvalue weighted by Crippen LogP contribution is -2.25. The first-order valence-corrected chi connectivity index (χ1v) is 3.73. The first-order valence-electron chi connectivity index (χ1n) is 3.73. The lowest BCUT2D eigenvalue weighted by atomic mass is 10.5. The van der Waals surface area contributed by atoms with Crippen molar-refractivity contribution in [2.24, 2.45) is 10.2 Å². The Hall–Kier alpha value is -1.10. The van der Waals surface area contributed by atoms with E-state index in [0.717, 1.165) is 25.9 Å². The number of nitrogens with zero attached hydrogens (tertiary/aromatic N) is 4. The average Bonchev–Trinajstić information content (AvgIpc) is 2.60. The molecule has 2 aliphatic rings. The maximum Gasteiger partial charge on any atom is 0.0724 e. The van der Waals surface area contributed by atoms with Crippen molar-refractivity contribution >= 4 is 12.4 Å². The zero-order valence-corrected chi connectivity index (χ0v) is 6.18. The summed E-state index contributed by atoms with van der Waals surface area (Å²) in [6.45, 7) is 1.65. The van der Waals surface area contributed by atoms with Gasteiger partial charge in [-0.2, -0.15) is 10.2 Å². The van der Waals surface area contributed by atoms with E-state index in [0.29, 0.717) is 0 Å². The normalized spacial score (nSPS) is 22.2. The van der Waals surface area contributed by atoms with Crippen LogP contribution in [0.4, 0.5) is 0 Å². The topological polar surface area (TPSA) is 40.4 Å². The summed E-state index contributed by atoms with van der Waals surface area (Å²) >= 11 is 0. The molecule has 0 aromatic heterocycles. The minimum absolute atomic E-state index is 0.825. The van der Waals surface area contributed by atoms with Gasteiger partial charge in [0.15, 0.2) is 0 Å². The molecule has 0 aliphatic carbocycles. The molecule has 0 fully saturated rings. The quantitative estimate of drug-likeness (QED) is 0.571. The van der Waals surface area contributed by atoms with Crippen LogP contribution < -0.4 is 0 Å². The van der Waals surface area contributed by atoms with Crippen molar-refractivity contribution in [2.45, 2.75) is 12.8 Å². The van der Waals surface area contributed by atoms with Crippen molar-refractivity contribution in [3.63, 3.8) is 0 Å². The SMILES string of the molecule is C1=NN(ON2CCC=N2)CC1. The molecule has 0 N–H and O–H groups in total. The van der Waals surface area contributed by atoms with Crippen LogP contribution in [0.1, 0.15) is 12.8 Å². The van der Waals surface area contributed by atoms with Gasteiger partial charge in [0.1, 0.15) is 0 Å². The number of rotatable bonds is 2. The smallest absolute Gasteiger partial charge is 0.0724 e. The molecule has 0 bridgehead atoms. The summed E-state index contributed by atoms with van der Waals surface area (Å²) in [4.78, 5) is 5.24. The molecule has 2 rings (SSSR count). The molecule has 5 heteroatoms. The molecule has 0 aromatic carbocycles. The number of hydroxylamine groups is 2. The largest absolute Gasteiger partial charge is 0.162 e. The second kappa shape index (κ2) is 2.87. The Labute approximate surface area is 64.8 Å². The minimum Gasteiger partial charge on any atom is -0.162 e. The first-order chi connectivity index (χ1) is 5.45. The van der Waals surface area contributed by atoms with Gasteiger partial charge in [0.05, 0.1) is 13.1 Å². The van der Waals surface area contributed by atoms with Crippen LogP contribution in [0.5, 0.6) is 0 Å². The van der Waals surface area contributed by atoms with Crippen molar-refractivity contribution in [2.75, 3.05) is 13.1 Å². The number of hydrazone groups is 2. The Kier molecular flexibility index (Phi) is 1.72. The van der Waals surface area contributed by atoms with Crippen LogP contribution in [-0.2, 0) is 4.94 Å². The fourth-order valence-corrected chi connectivity index (χ4v) is 0.982. The average molecular weight is 154 g/mol. The summed E-state index contributed by atoms with van der Waals surface area (Å²) in [5.74, 6) is 0. The zero-order chi connectivity index (χ0) is 7.52. The van der Waals surface area contributed by atoms with Gasteiger partial charge in [-0.15, -0.1) is 15.3 Å². The number of hydrogen-bond donors (Lipinski definition) is 0. The van der Waals surface area contributed by atoms with E-state index in [4.69, 9.17) is 4.94 Å². The lowest BCUT2D eigenvalue weighted by molar-refractivity contribution is -0.319. The molecule has 0 aromatic rings. The Balaban J connectivity index is 1.80. The Morgan fingerprint density at radius 1 is 1.00 bits per heavy atom. The van der Waals surface area contributed by atoms with E-state index in [9.17, 15) is 0 Å². The second-order valence-electron chi connectivity index (χ2n) is 2.41. The maximum absolute atomic E-state index is 5.24. The summed E-state index contributed by atoms with van der Waals surface area (Å²) in [5, 5.41) is 11.0. The summed E-state index contributed by atoms with van der Waals surface area (Å²) in [5.41, 5.74) is 0. The van der Waals surface area contributed by atoms with Crippen molar-refractivity contribution < 1.29 is 4.94 Å². The van der Waals surface area contributed by atoms with E-state index < -0.39 is 0 Å². The Morgan fingerprint density at radius 3 is 1.91 bits per heavy atom. The third kappa shape index (κ3) is 1.48. The maximum atomic E-state index is 5.24. The van der Waals surface area contributed by atoms with Crippen molar-refractivity contribution in [1.29, 1.82) is 0 Å². The Morgan fingerprint density at radius 2 is 1.55 bits per heavy atom. The molecule has 0 saturated heterocycles. The van der Waals surface area contributed by atoms with Gasteiger partial charge in [0.25, 0.3) is 0 Å². The van der Waals surface area contributed by atoms with Crippen molar-refractivity contribution in [1.82, 2.24) is 10.3 Å². The highest BCUT2D eigenvalue weighted by molar-refractivity contribution is 5.59. The van der Waals surface area contributed by atoms with Crippen molar-refractivity contribution in [3.05, 3.63) is 0 Å². The van der Waals surface area contributed by atoms with Crippen LogP contribution in [0.25, 0.3) is 0 Å². The van der Waals surface area contributed by atoms with Gasteiger partial charge in [-0.05, 0) is 0 Å². The molecule has 0 unspecified atom stereocenters. The predicted octanol–water partition coefficient (Wildman–Crippen LogP) is 0.216. The highest BCUT2D eigenvalue weighted by Crippen LogP contribution is 2.07. The zero-order valence-electron chi connectivity index (χ0n) is 6.18. The first kappa shape index (κ1) is 6.60. The molecule has 0 amide bonds. The van der Waals surface area contributed by atoms with Gasteiger partial charge < -0.3 is 0 Å². The van der Waals surface area contributed by atoms with Crippen LogP contribution in [0.2, 0.25) is 0 Å². The van der Waals surface area contributed by atoms with Crippen LogP contribution in [-0.4, -0.2) is 35.9 Å². The predicted molar refractivity (Wildman–Crippen MR) is 40.7 cm³/mol. The van der Waals surface area contributed by atoms with Crippen LogP contribution in [0, 0.1) is 0 Å². The molecule has 0 atom stereocenters. The van der Waals surface area contributed by atoms with E-state index in [1.807, 2.05) is 12.4 Å². The van der Waals surface area contributed by atoms with E-state index in [1.165, 1.54) is 0 Å². The summed E-state index contributed by atoms with van der Waals surface area (Å²) in [7, 11) is 0. The molecule has 11 heavy (non-hydrogen) atoms. The second-order valence-corrected chi connectivity index (χ2v) is 2.41. The van der Waals surface area contributed by atoms with Gasteiger partial charge in [-0.3, -0.25) is 0 Å². The van der Waals surface area contributed by atoms with E-state index in [2.05, 4.69) is 10.2 Å². The molecule has 2 heterocycles. The summed E-state index contributed by atoms with van der Waals surface area (Å²) in [6, 6.07) is 0. The molecule has 60 valence electrons. The van der Waals surface area contributed by atoms with E-state index >= 15 is 0 Å². The van der Waals surface area contributed by atoms with Crippen LogP contribution in [0.15, 0.2) is 10.2 Å². The molecular weight excluding hydrogens is 144 g/mol. The minimum atomic E-state index is 0.825. The third-order valence-electron chi connectivity index (χ3n) is 1.51. The van der Waals surface area contributed by atoms with Gasteiger partial charge in [-0.25, -0.2) is 0 Å². The van der Waals surface area contributed by atoms with Gasteiger partial charge in [-0.1, -0.05) is 0 Å². The van der Waals surface area contributed by atoms with Crippen LogP contribution in [0.3, 0.4) is 0 Å². The van der Waals surface area contributed by atoms with E-state index in [1.54, 1.807) is 10.3 Å². The third-order valence-corrected chi connectivity index (χ3v) is 1.51. The fraction of sp³-hybridized carbons (Fsp3) is 0.667. The molecular formula is C6H10N4O. The van der Waals surface area contributed by atoms with Gasteiger partial charge in [0.2, 0.25) is 0 Å². The van der Waals surface area contributed by atoms with Gasteiger partial charge in [0, 0.05) is 25.3 Å². The van der Waals surface area contributed by atoms with E-state index in [-0.39, 0.29) is 0 Å².